The minimum atomic E-state index is -0.269. The number of ether oxygens (including phenoxy) is 1. The van der Waals surface area contributed by atoms with Gasteiger partial charge in [-0.25, -0.2) is 4.68 Å². The Kier molecular flexibility index (Phi) is 4.92. The van der Waals surface area contributed by atoms with Gasteiger partial charge in [0.25, 0.3) is 5.56 Å². The van der Waals surface area contributed by atoms with Gasteiger partial charge in [0.2, 0.25) is 5.91 Å². The van der Waals surface area contributed by atoms with Gasteiger partial charge in [0.05, 0.1) is 12.8 Å². The quantitative estimate of drug-likeness (QED) is 0.851. The molecule has 0 radical (unpaired) electrons. The molecule has 8 heteroatoms. The molecule has 1 N–H and O–H groups in total. The average molecular weight is 381 g/mol. The molecule has 0 bridgehead atoms. The van der Waals surface area contributed by atoms with Crippen LogP contribution in [0.2, 0.25) is 0 Å². The van der Waals surface area contributed by atoms with E-state index in [2.05, 4.69) is 26.3 Å². The molecule has 2 aromatic heterocycles. The van der Waals surface area contributed by atoms with Gasteiger partial charge in [0.1, 0.15) is 12.4 Å². The fraction of sp³-hybridized carbons (Fsp3) is 0.400. The molecule has 1 atom stereocenters. The number of aromatic nitrogens is 3. The molecule has 1 saturated heterocycles. The predicted octanol–water partition coefficient (Wildman–Crippen LogP) is 1.48. The third-order valence-electron chi connectivity index (χ3n) is 3.70. The third kappa shape index (κ3) is 4.08. The SMILES string of the molecule is O=C(Cn1cc(Br)ccc1=O)Nc1ccnn1CC1CCOC1. The van der Waals surface area contributed by atoms with Crippen molar-refractivity contribution in [2.45, 2.75) is 19.5 Å². The molecule has 3 rings (SSSR count). The van der Waals surface area contributed by atoms with E-state index in [0.29, 0.717) is 18.3 Å². The van der Waals surface area contributed by atoms with E-state index in [-0.39, 0.29) is 18.0 Å². The van der Waals surface area contributed by atoms with Crippen LogP contribution in [0.25, 0.3) is 0 Å². The lowest BCUT2D eigenvalue weighted by Crippen LogP contribution is -2.27. The number of nitrogens with one attached hydrogen (secondary N) is 1. The Bertz CT molecular complexity index is 749. The second-order valence-corrected chi connectivity index (χ2v) is 6.41. The highest BCUT2D eigenvalue weighted by atomic mass is 79.9. The zero-order valence-corrected chi connectivity index (χ0v) is 14.0. The molecule has 0 saturated carbocycles. The number of carbonyl (C=O) groups excluding carboxylic acids is 1. The molecule has 23 heavy (non-hydrogen) atoms. The summed E-state index contributed by atoms with van der Waals surface area (Å²) in [7, 11) is 0. The largest absolute Gasteiger partial charge is 0.381 e. The van der Waals surface area contributed by atoms with E-state index in [1.54, 1.807) is 29.2 Å². The normalized spacial score (nSPS) is 17.3. The van der Waals surface area contributed by atoms with Crippen molar-refractivity contribution in [2.75, 3.05) is 18.5 Å². The monoisotopic (exact) mass is 380 g/mol. The van der Waals surface area contributed by atoms with Gasteiger partial charge in [-0.1, -0.05) is 0 Å². The molecular weight excluding hydrogens is 364 g/mol. The van der Waals surface area contributed by atoms with Crippen molar-refractivity contribution in [1.29, 1.82) is 0 Å². The van der Waals surface area contributed by atoms with Crippen LogP contribution in [0.3, 0.4) is 0 Å². The van der Waals surface area contributed by atoms with Crippen molar-refractivity contribution >= 4 is 27.7 Å². The summed E-state index contributed by atoms with van der Waals surface area (Å²) in [6.07, 6.45) is 4.24. The smallest absolute Gasteiger partial charge is 0.251 e. The standard InChI is InChI=1S/C15H17BrN4O3/c16-12-1-2-15(22)19(8-12)9-14(21)18-13-3-5-17-20(13)7-11-4-6-23-10-11/h1-3,5,8,11H,4,6-7,9-10H2,(H,18,21). The Morgan fingerprint density at radius 2 is 2.30 bits per heavy atom. The van der Waals surface area contributed by atoms with Crippen molar-refractivity contribution in [1.82, 2.24) is 14.3 Å². The maximum Gasteiger partial charge on any atom is 0.251 e. The molecule has 1 aliphatic heterocycles. The van der Waals surface area contributed by atoms with Gasteiger partial charge >= 0.3 is 0 Å². The van der Waals surface area contributed by atoms with Crippen LogP contribution in [0.5, 0.6) is 0 Å². The summed E-state index contributed by atoms with van der Waals surface area (Å²) in [5.41, 5.74) is -0.222. The molecule has 1 aliphatic rings. The van der Waals surface area contributed by atoms with Crippen molar-refractivity contribution in [2.24, 2.45) is 5.92 Å². The van der Waals surface area contributed by atoms with E-state index in [1.807, 2.05) is 0 Å². The van der Waals surface area contributed by atoms with Gasteiger partial charge in [-0.3, -0.25) is 9.59 Å². The summed E-state index contributed by atoms with van der Waals surface area (Å²) in [6, 6.07) is 4.81. The first-order valence-corrected chi connectivity index (χ1v) is 8.16. The zero-order valence-electron chi connectivity index (χ0n) is 12.4. The topological polar surface area (TPSA) is 78.2 Å². The summed E-state index contributed by atoms with van der Waals surface area (Å²) in [6.45, 7) is 2.16. The van der Waals surface area contributed by atoms with E-state index in [1.165, 1.54) is 10.6 Å². The molecule has 122 valence electrons. The lowest BCUT2D eigenvalue weighted by molar-refractivity contribution is -0.116. The predicted molar refractivity (Wildman–Crippen MR) is 88.2 cm³/mol. The van der Waals surface area contributed by atoms with Crippen LogP contribution in [0.15, 0.2) is 39.9 Å². The fourth-order valence-electron chi connectivity index (χ4n) is 2.52. The van der Waals surface area contributed by atoms with Crippen molar-refractivity contribution in [3.8, 4) is 0 Å². The Balaban J connectivity index is 1.65. The summed E-state index contributed by atoms with van der Waals surface area (Å²) < 4.78 is 9.22. The molecule has 7 nitrogen and oxygen atoms in total. The van der Waals surface area contributed by atoms with E-state index < -0.39 is 0 Å². The molecule has 2 aromatic rings. The summed E-state index contributed by atoms with van der Waals surface area (Å²) in [5, 5.41) is 7.05. The van der Waals surface area contributed by atoms with Crippen LogP contribution in [-0.4, -0.2) is 33.5 Å². The Morgan fingerprint density at radius 3 is 3.09 bits per heavy atom. The number of nitrogens with zero attached hydrogens (tertiary/aromatic N) is 3. The molecule has 1 amide bonds. The number of amides is 1. The number of halogens is 1. The molecule has 0 aromatic carbocycles. The minimum absolute atomic E-state index is 0.0456. The average Bonchev–Trinajstić information content (AvgIpc) is 3.16. The molecule has 1 unspecified atom stereocenters. The lowest BCUT2D eigenvalue weighted by atomic mass is 10.1. The van der Waals surface area contributed by atoms with Crippen molar-refractivity contribution in [3.05, 3.63) is 45.4 Å². The van der Waals surface area contributed by atoms with Crippen LogP contribution in [-0.2, 0) is 22.6 Å². The Hall–Kier alpha value is -1.93. The van der Waals surface area contributed by atoms with Crippen LogP contribution in [0.1, 0.15) is 6.42 Å². The zero-order chi connectivity index (χ0) is 16.2. The van der Waals surface area contributed by atoms with Gasteiger partial charge in [-0.05, 0) is 28.4 Å². The molecule has 1 fully saturated rings. The van der Waals surface area contributed by atoms with Crippen molar-refractivity contribution in [3.63, 3.8) is 0 Å². The van der Waals surface area contributed by atoms with E-state index in [4.69, 9.17) is 4.74 Å². The first-order valence-electron chi connectivity index (χ1n) is 7.37. The summed E-state index contributed by atoms with van der Waals surface area (Å²) >= 11 is 3.29. The second kappa shape index (κ2) is 7.10. The number of rotatable bonds is 5. The lowest BCUT2D eigenvalue weighted by Gasteiger charge is -2.12. The highest BCUT2D eigenvalue weighted by Gasteiger charge is 2.18. The van der Waals surface area contributed by atoms with E-state index in [0.717, 1.165) is 24.1 Å². The van der Waals surface area contributed by atoms with E-state index in [9.17, 15) is 9.59 Å². The molecular formula is C15H17BrN4O3. The van der Waals surface area contributed by atoms with Crippen LogP contribution in [0.4, 0.5) is 5.82 Å². The summed E-state index contributed by atoms with van der Waals surface area (Å²) in [5.74, 6) is 0.776. The van der Waals surface area contributed by atoms with Gasteiger partial charge in [0, 0.05) is 41.9 Å². The number of hydrogen-bond acceptors (Lipinski definition) is 4. The molecule has 0 spiro atoms. The van der Waals surface area contributed by atoms with Crippen LogP contribution >= 0.6 is 15.9 Å². The van der Waals surface area contributed by atoms with Gasteiger partial charge < -0.3 is 14.6 Å². The van der Waals surface area contributed by atoms with Crippen molar-refractivity contribution < 1.29 is 9.53 Å². The number of hydrogen-bond donors (Lipinski definition) is 1. The third-order valence-corrected chi connectivity index (χ3v) is 4.17. The first kappa shape index (κ1) is 15.9. The fourth-order valence-corrected chi connectivity index (χ4v) is 2.90. The summed E-state index contributed by atoms with van der Waals surface area (Å²) in [4.78, 5) is 23.9. The Morgan fingerprint density at radius 1 is 1.43 bits per heavy atom. The second-order valence-electron chi connectivity index (χ2n) is 5.49. The highest BCUT2D eigenvalue weighted by Crippen LogP contribution is 2.17. The maximum atomic E-state index is 12.2. The Labute approximate surface area is 141 Å². The first-order chi connectivity index (χ1) is 11.1. The highest BCUT2D eigenvalue weighted by molar-refractivity contribution is 9.10. The van der Waals surface area contributed by atoms with Gasteiger partial charge in [-0.2, -0.15) is 5.10 Å². The molecule has 3 heterocycles. The van der Waals surface area contributed by atoms with E-state index >= 15 is 0 Å². The minimum Gasteiger partial charge on any atom is -0.381 e. The van der Waals surface area contributed by atoms with Crippen LogP contribution in [0, 0.1) is 5.92 Å². The number of carbonyl (C=O) groups is 1. The number of anilines is 1. The van der Waals surface area contributed by atoms with Gasteiger partial charge in [-0.15, -0.1) is 0 Å². The molecule has 0 aliphatic carbocycles. The number of pyridine rings is 1. The van der Waals surface area contributed by atoms with Crippen LogP contribution < -0.4 is 10.9 Å². The van der Waals surface area contributed by atoms with Gasteiger partial charge in [0.15, 0.2) is 0 Å². The maximum absolute atomic E-state index is 12.2.